The van der Waals surface area contributed by atoms with E-state index in [-0.39, 0.29) is 13.2 Å². The van der Waals surface area contributed by atoms with E-state index in [9.17, 15) is 9.59 Å². The molecular weight excluding hydrogens is 532 g/mol. The number of nitrogens with one attached hydrogen (secondary N) is 2. The zero-order chi connectivity index (χ0) is 29.6. The van der Waals surface area contributed by atoms with E-state index >= 15 is 0 Å². The third-order valence-corrected chi connectivity index (χ3v) is 5.90. The van der Waals surface area contributed by atoms with Crippen molar-refractivity contribution in [2.45, 2.75) is 13.2 Å². The highest BCUT2D eigenvalue weighted by Crippen LogP contribution is 2.29. The maximum absolute atomic E-state index is 12.9. The fourth-order valence-electron chi connectivity index (χ4n) is 3.89. The first-order valence-corrected chi connectivity index (χ1v) is 13.3. The molecule has 0 aliphatic rings. The summed E-state index contributed by atoms with van der Waals surface area (Å²) in [6.07, 6.45) is 3.33. The molecule has 4 aromatic carbocycles. The fourth-order valence-corrected chi connectivity index (χ4v) is 3.89. The summed E-state index contributed by atoms with van der Waals surface area (Å²) in [4.78, 5) is 25.8. The van der Waals surface area contributed by atoms with Gasteiger partial charge in [0.15, 0.2) is 0 Å². The van der Waals surface area contributed by atoms with Crippen LogP contribution in [0, 0.1) is 0 Å². The highest BCUT2D eigenvalue weighted by molar-refractivity contribution is 6.44. The van der Waals surface area contributed by atoms with Crippen LogP contribution in [0.1, 0.15) is 11.1 Å². The standard InChI is InChI=1S/C34H32N2O6/c1-3-21-39-29-17-9-5-13-25(29)23-41-31-19-11-7-15-27(31)35-33(37)34(38)36-28-16-8-12-20-32(28)42-24-26-14-6-10-18-30(26)40-22-4-2/h3-20H,1-2,21-24H2,(H,35,37)(H,36,38). The SMILES string of the molecule is C=CCOc1ccccc1COc1ccccc1NC(=O)C(=O)Nc1ccccc1OCc1ccccc1OCC=C. The topological polar surface area (TPSA) is 95.1 Å². The molecule has 0 radical (unpaired) electrons. The molecule has 42 heavy (non-hydrogen) atoms. The molecule has 4 rings (SSSR count). The molecule has 0 heterocycles. The summed E-state index contributed by atoms with van der Waals surface area (Å²) in [6.45, 7) is 8.47. The van der Waals surface area contributed by atoms with Gasteiger partial charge in [0.25, 0.3) is 0 Å². The van der Waals surface area contributed by atoms with E-state index in [0.29, 0.717) is 47.6 Å². The van der Waals surface area contributed by atoms with Crippen LogP contribution in [0.3, 0.4) is 0 Å². The van der Waals surface area contributed by atoms with Gasteiger partial charge in [-0.3, -0.25) is 9.59 Å². The lowest BCUT2D eigenvalue weighted by atomic mass is 10.2. The average molecular weight is 565 g/mol. The molecule has 0 fully saturated rings. The monoisotopic (exact) mass is 564 g/mol. The Morgan fingerprint density at radius 3 is 1.29 bits per heavy atom. The molecule has 2 amide bonds. The molecule has 0 aliphatic heterocycles. The van der Waals surface area contributed by atoms with Gasteiger partial charge in [-0.25, -0.2) is 0 Å². The highest BCUT2D eigenvalue weighted by atomic mass is 16.5. The number of ether oxygens (including phenoxy) is 4. The Morgan fingerprint density at radius 2 is 0.881 bits per heavy atom. The van der Waals surface area contributed by atoms with Gasteiger partial charge in [-0.2, -0.15) is 0 Å². The minimum Gasteiger partial charge on any atom is -0.489 e. The van der Waals surface area contributed by atoms with Crippen LogP contribution < -0.4 is 29.6 Å². The van der Waals surface area contributed by atoms with E-state index in [1.165, 1.54) is 0 Å². The van der Waals surface area contributed by atoms with Gasteiger partial charge in [-0.05, 0) is 36.4 Å². The minimum absolute atomic E-state index is 0.193. The second-order valence-electron chi connectivity index (χ2n) is 8.89. The fraction of sp³-hybridized carbons (Fsp3) is 0.118. The van der Waals surface area contributed by atoms with Crippen molar-refractivity contribution in [2.24, 2.45) is 0 Å². The van der Waals surface area contributed by atoms with Crippen LogP contribution in [-0.2, 0) is 22.8 Å². The number of anilines is 2. The summed E-state index contributed by atoms with van der Waals surface area (Å²) >= 11 is 0. The molecule has 0 saturated heterocycles. The number of benzene rings is 4. The number of hydrogen-bond acceptors (Lipinski definition) is 6. The van der Waals surface area contributed by atoms with Crippen LogP contribution in [0.2, 0.25) is 0 Å². The molecule has 0 unspecified atom stereocenters. The third kappa shape index (κ3) is 8.25. The van der Waals surface area contributed by atoms with E-state index in [2.05, 4.69) is 23.8 Å². The lowest BCUT2D eigenvalue weighted by Gasteiger charge is -2.15. The normalized spacial score (nSPS) is 10.2. The third-order valence-electron chi connectivity index (χ3n) is 5.90. The molecule has 8 heteroatoms. The Bertz CT molecular complexity index is 1420. The second kappa shape index (κ2) is 15.3. The highest BCUT2D eigenvalue weighted by Gasteiger charge is 2.18. The minimum atomic E-state index is -0.862. The van der Waals surface area contributed by atoms with Crippen molar-refractivity contribution in [3.63, 3.8) is 0 Å². The number of carbonyl (C=O) groups excluding carboxylic acids is 2. The molecule has 0 aliphatic carbocycles. The van der Waals surface area contributed by atoms with Gasteiger partial charge in [-0.15, -0.1) is 0 Å². The Kier molecular flexibility index (Phi) is 10.8. The first-order chi connectivity index (χ1) is 20.6. The molecule has 0 aromatic heterocycles. The quantitative estimate of drug-likeness (QED) is 0.133. The lowest BCUT2D eigenvalue weighted by molar-refractivity contribution is -0.133. The summed E-state index contributed by atoms with van der Waals surface area (Å²) in [5.41, 5.74) is 2.35. The van der Waals surface area contributed by atoms with Crippen molar-refractivity contribution in [1.29, 1.82) is 0 Å². The van der Waals surface area contributed by atoms with E-state index in [4.69, 9.17) is 18.9 Å². The Morgan fingerprint density at radius 1 is 0.524 bits per heavy atom. The predicted octanol–water partition coefficient (Wildman–Crippen LogP) is 6.55. The largest absolute Gasteiger partial charge is 0.489 e. The maximum atomic E-state index is 12.9. The molecule has 2 N–H and O–H groups in total. The maximum Gasteiger partial charge on any atom is 0.314 e. The second-order valence-corrected chi connectivity index (χ2v) is 8.89. The molecule has 8 nitrogen and oxygen atoms in total. The van der Waals surface area contributed by atoms with Crippen LogP contribution in [-0.4, -0.2) is 25.0 Å². The smallest absolute Gasteiger partial charge is 0.314 e. The van der Waals surface area contributed by atoms with Gasteiger partial charge in [0.2, 0.25) is 0 Å². The van der Waals surface area contributed by atoms with Crippen molar-refractivity contribution < 1.29 is 28.5 Å². The van der Waals surface area contributed by atoms with Crippen LogP contribution in [0.25, 0.3) is 0 Å². The number of carbonyl (C=O) groups is 2. The van der Waals surface area contributed by atoms with Crippen molar-refractivity contribution in [1.82, 2.24) is 0 Å². The van der Waals surface area contributed by atoms with Crippen molar-refractivity contribution in [2.75, 3.05) is 23.8 Å². The van der Waals surface area contributed by atoms with Crippen molar-refractivity contribution in [3.8, 4) is 23.0 Å². The molecule has 4 aromatic rings. The van der Waals surface area contributed by atoms with E-state index in [1.807, 2.05) is 48.5 Å². The number of amides is 2. The summed E-state index contributed by atoms with van der Waals surface area (Å²) in [5.74, 6) is 0.424. The van der Waals surface area contributed by atoms with E-state index < -0.39 is 11.8 Å². The van der Waals surface area contributed by atoms with Crippen LogP contribution >= 0.6 is 0 Å². The van der Waals surface area contributed by atoms with Gasteiger partial charge < -0.3 is 29.6 Å². The zero-order valence-corrected chi connectivity index (χ0v) is 23.1. The van der Waals surface area contributed by atoms with Gasteiger partial charge in [0.05, 0.1) is 11.4 Å². The molecule has 0 atom stereocenters. The van der Waals surface area contributed by atoms with Crippen molar-refractivity contribution >= 4 is 23.2 Å². The molecule has 214 valence electrons. The van der Waals surface area contributed by atoms with Gasteiger partial charge in [-0.1, -0.05) is 86.0 Å². The first-order valence-electron chi connectivity index (χ1n) is 13.3. The Balaban J connectivity index is 1.39. The summed E-state index contributed by atoms with van der Waals surface area (Å²) < 4.78 is 23.3. The zero-order valence-electron chi connectivity index (χ0n) is 23.1. The van der Waals surface area contributed by atoms with Crippen LogP contribution in [0.5, 0.6) is 23.0 Å². The van der Waals surface area contributed by atoms with Crippen molar-refractivity contribution in [3.05, 3.63) is 133 Å². The first kappa shape index (κ1) is 29.5. The number of rotatable bonds is 14. The molecular formula is C34H32N2O6. The van der Waals surface area contributed by atoms with Gasteiger partial charge in [0.1, 0.15) is 49.4 Å². The Hall–Kier alpha value is -5.50. The van der Waals surface area contributed by atoms with Gasteiger partial charge in [0, 0.05) is 11.1 Å². The number of hydrogen-bond donors (Lipinski definition) is 2. The van der Waals surface area contributed by atoms with Crippen LogP contribution in [0.15, 0.2) is 122 Å². The Labute approximate surface area is 245 Å². The average Bonchev–Trinajstić information content (AvgIpc) is 3.02. The van der Waals surface area contributed by atoms with Crippen LogP contribution in [0.4, 0.5) is 11.4 Å². The predicted molar refractivity (Wildman–Crippen MR) is 163 cm³/mol. The summed E-state index contributed by atoms with van der Waals surface area (Å²) in [7, 11) is 0. The summed E-state index contributed by atoms with van der Waals surface area (Å²) in [5, 5.41) is 5.27. The van der Waals surface area contributed by atoms with E-state index in [0.717, 1.165) is 11.1 Å². The number of para-hydroxylation sites is 6. The molecule has 0 spiro atoms. The molecule has 0 saturated carbocycles. The molecule has 0 bridgehead atoms. The summed E-state index contributed by atoms with van der Waals surface area (Å²) in [6, 6.07) is 28.7. The lowest BCUT2D eigenvalue weighted by Crippen LogP contribution is -2.29. The van der Waals surface area contributed by atoms with Gasteiger partial charge >= 0.3 is 11.8 Å². The van der Waals surface area contributed by atoms with E-state index in [1.54, 1.807) is 60.7 Å².